The van der Waals surface area contributed by atoms with Gasteiger partial charge in [0.2, 0.25) is 0 Å². The Balaban J connectivity index is 2.77. The van der Waals surface area contributed by atoms with E-state index in [4.69, 9.17) is 4.74 Å². The van der Waals surface area contributed by atoms with Gasteiger partial charge in [-0.25, -0.2) is 0 Å². The van der Waals surface area contributed by atoms with Crippen molar-refractivity contribution in [3.05, 3.63) is 5.92 Å². The van der Waals surface area contributed by atoms with Crippen LogP contribution >= 0.6 is 0 Å². The molecule has 1 nitrogen and oxygen atoms in total. The van der Waals surface area contributed by atoms with E-state index in [0.717, 1.165) is 19.6 Å². The Morgan fingerprint density at radius 2 is 1.90 bits per heavy atom. The summed E-state index contributed by atoms with van der Waals surface area (Å²) in [5.41, 5.74) is 0. The van der Waals surface area contributed by atoms with Gasteiger partial charge in [0, 0.05) is 13.2 Å². The number of rotatable bonds is 6. The van der Waals surface area contributed by atoms with Gasteiger partial charge in [-0.1, -0.05) is 27.2 Å². The Labute approximate surface area is 64.8 Å². The summed E-state index contributed by atoms with van der Waals surface area (Å²) in [6.07, 6.45) is 3.54. The third-order valence-corrected chi connectivity index (χ3v) is 1.39. The standard InChI is InChI=1S/C9H19O/c1-4-5-7-10-8-6-9(2)3/h4-8H2,1-3H3. The summed E-state index contributed by atoms with van der Waals surface area (Å²) in [4.78, 5) is 0. The molecule has 61 valence electrons. The first-order valence-corrected chi connectivity index (χ1v) is 4.14. The van der Waals surface area contributed by atoms with Gasteiger partial charge in [-0.05, 0) is 18.8 Å². The van der Waals surface area contributed by atoms with Gasteiger partial charge < -0.3 is 4.74 Å². The minimum Gasteiger partial charge on any atom is -0.381 e. The molecule has 0 aromatic carbocycles. The van der Waals surface area contributed by atoms with Gasteiger partial charge in [0.1, 0.15) is 0 Å². The summed E-state index contributed by atoms with van der Waals surface area (Å²) in [6.45, 7) is 8.30. The number of hydrogen-bond acceptors (Lipinski definition) is 1. The van der Waals surface area contributed by atoms with Crippen LogP contribution in [0.3, 0.4) is 0 Å². The van der Waals surface area contributed by atoms with Crippen LogP contribution in [0.2, 0.25) is 0 Å². The molecule has 0 amide bonds. The van der Waals surface area contributed by atoms with Gasteiger partial charge >= 0.3 is 0 Å². The number of hydrogen-bond donors (Lipinski definition) is 0. The van der Waals surface area contributed by atoms with Crippen LogP contribution in [0.1, 0.15) is 40.0 Å². The lowest BCUT2D eigenvalue weighted by Crippen LogP contribution is -1.98. The van der Waals surface area contributed by atoms with Gasteiger partial charge in [-0.15, -0.1) is 0 Å². The largest absolute Gasteiger partial charge is 0.381 e. The third kappa shape index (κ3) is 7.96. The number of unbranched alkanes of at least 4 members (excludes halogenated alkanes) is 1. The van der Waals surface area contributed by atoms with Gasteiger partial charge in [0.15, 0.2) is 0 Å². The summed E-state index contributed by atoms with van der Waals surface area (Å²) in [5.74, 6) is 1.46. The molecule has 1 heteroatoms. The third-order valence-electron chi connectivity index (χ3n) is 1.39. The van der Waals surface area contributed by atoms with Crippen LogP contribution in [0.5, 0.6) is 0 Å². The highest BCUT2D eigenvalue weighted by atomic mass is 16.5. The van der Waals surface area contributed by atoms with E-state index in [2.05, 4.69) is 20.8 Å². The molecule has 10 heavy (non-hydrogen) atoms. The summed E-state index contributed by atoms with van der Waals surface area (Å²) < 4.78 is 5.36. The maximum absolute atomic E-state index is 5.36. The zero-order valence-electron chi connectivity index (χ0n) is 7.44. The van der Waals surface area contributed by atoms with Gasteiger partial charge in [-0.2, -0.15) is 0 Å². The van der Waals surface area contributed by atoms with E-state index in [1.165, 1.54) is 18.8 Å². The van der Waals surface area contributed by atoms with Crippen molar-refractivity contribution in [3.8, 4) is 0 Å². The molecular weight excluding hydrogens is 124 g/mol. The van der Waals surface area contributed by atoms with Gasteiger partial charge in [0.05, 0.1) is 0 Å². The molecule has 0 fully saturated rings. The highest BCUT2D eigenvalue weighted by molar-refractivity contribution is 4.75. The Bertz CT molecular complexity index is 59.7. The molecule has 0 aromatic rings. The average molecular weight is 143 g/mol. The predicted molar refractivity (Wildman–Crippen MR) is 44.9 cm³/mol. The molecule has 0 unspecified atom stereocenters. The normalized spacial score (nSPS) is 10.8. The Morgan fingerprint density at radius 3 is 2.40 bits per heavy atom. The van der Waals surface area contributed by atoms with Crippen molar-refractivity contribution in [2.45, 2.75) is 40.0 Å². The summed E-state index contributed by atoms with van der Waals surface area (Å²) in [5, 5.41) is 0. The molecular formula is C9H19O. The van der Waals surface area contributed by atoms with Crippen LogP contribution in [0, 0.1) is 5.92 Å². The second kappa shape index (κ2) is 7.07. The summed E-state index contributed by atoms with van der Waals surface area (Å²) in [7, 11) is 0. The van der Waals surface area contributed by atoms with Crippen LogP contribution in [0.25, 0.3) is 0 Å². The quantitative estimate of drug-likeness (QED) is 0.519. The zero-order valence-corrected chi connectivity index (χ0v) is 7.44. The SMILES string of the molecule is CCCCOCC[C](C)C. The molecule has 0 aliphatic carbocycles. The highest BCUT2D eigenvalue weighted by Crippen LogP contribution is 2.01. The Kier molecular flexibility index (Phi) is 7.04. The lowest BCUT2D eigenvalue weighted by atomic mass is 10.1. The van der Waals surface area contributed by atoms with Crippen molar-refractivity contribution in [1.29, 1.82) is 0 Å². The van der Waals surface area contributed by atoms with E-state index in [1.807, 2.05) is 0 Å². The lowest BCUT2D eigenvalue weighted by Gasteiger charge is -2.04. The van der Waals surface area contributed by atoms with Crippen LogP contribution < -0.4 is 0 Å². The van der Waals surface area contributed by atoms with Crippen LogP contribution in [-0.4, -0.2) is 13.2 Å². The zero-order chi connectivity index (χ0) is 7.82. The molecule has 0 aliphatic heterocycles. The minimum atomic E-state index is 0.905. The van der Waals surface area contributed by atoms with E-state index in [9.17, 15) is 0 Å². The molecule has 0 atom stereocenters. The highest BCUT2D eigenvalue weighted by Gasteiger charge is 1.92. The minimum absolute atomic E-state index is 0.905. The van der Waals surface area contributed by atoms with Crippen molar-refractivity contribution in [3.63, 3.8) is 0 Å². The van der Waals surface area contributed by atoms with E-state index in [-0.39, 0.29) is 0 Å². The fraction of sp³-hybridized carbons (Fsp3) is 0.889. The molecule has 0 aliphatic rings. The first-order valence-electron chi connectivity index (χ1n) is 4.14. The van der Waals surface area contributed by atoms with Crippen LogP contribution in [0.15, 0.2) is 0 Å². The topological polar surface area (TPSA) is 9.23 Å². The molecule has 1 radical (unpaired) electrons. The molecule has 0 bridgehead atoms. The molecule has 0 heterocycles. The summed E-state index contributed by atoms with van der Waals surface area (Å²) in [6, 6.07) is 0. The van der Waals surface area contributed by atoms with Crippen molar-refractivity contribution in [2.75, 3.05) is 13.2 Å². The van der Waals surface area contributed by atoms with Gasteiger partial charge in [-0.3, -0.25) is 0 Å². The smallest absolute Gasteiger partial charge is 0.0471 e. The Hall–Kier alpha value is -0.0400. The van der Waals surface area contributed by atoms with Crippen LogP contribution in [0.4, 0.5) is 0 Å². The maximum Gasteiger partial charge on any atom is 0.0471 e. The molecule has 0 N–H and O–H groups in total. The fourth-order valence-electron chi connectivity index (χ4n) is 0.625. The van der Waals surface area contributed by atoms with E-state index in [1.54, 1.807) is 0 Å². The fourth-order valence-corrected chi connectivity index (χ4v) is 0.625. The van der Waals surface area contributed by atoms with E-state index < -0.39 is 0 Å². The molecule has 0 spiro atoms. The van der Waals surface area contributed by atoms with Gasteiger partial charge in [0.25, 0.3) is 0 Å². The average Bonchev–Trinajstić information content (AvgIpc) is 1.87. The predicted octanol–water partition coefficient (Wildman–Crippen LogP) is 2.81. The van der Waals surface area contributed by atoms with E-state index in [0.29, 0.717) is 0 Å². The second-order valence-electron chi connectivity index (χ2n) is 2.92. The van der Waals surface area contributed by atoms with Crippen molar-refractivity contribution in [1.82, 2.24) is 0 Å². The second-order valence-corrected chi connectivity index (χ2v) is 2.92. The van der Waals surface area contributed by atoms with Crippen molar-refractivity contribution in [2.24, 2.45) is 0 Å². The molecule has 0 saturated heterocycles. The van der Waals surface area contributed by atoms with Crippen molar-refractivity contribution < 1.29 is 4.74 Å². The first-order chi connectivity index (χ1) is 4.77. The summed E-state index contributed by atoms with van der Waals surface area (Å²) >= 11 is 0. The number of ether oxygens (including phenoxy) is 1. The first kappa shape index (κ1) is 9.96. The molecule has 0 rings (SSSR count). The molecule has 0 saturated carbocycles. The Morgan fingerprint density at radius 1 is 1.20 bits per heavy atom. The lowest BCUT2D eigenvalue weighted by molar-refractivity contribution is 0.131. The monoisotopic (exact) mass is 143 g/mol. The molecule has 0 aromatic heterocycles. The van der Waals surface area contributed by atoms with Crippen LogP contribution in [-0.2, 0) is 4.74 Å². The van der Waals surface area contributed by atoms with Crippen molar-refractivity contribution >= 4 is 0 Å². The van der Waals surface area contributed by atoms with E-state index >= 15 is 0 Å². The maximum atomic E-state index is 5.36.